The van der Waals surface area contributed by atoms with Gasteiger partial charge in [0, 0.05) is 0 Å². The van der Waals surface area contributed by atoms with Gasteiger partial charge >= 0.3 is 5.97 Å². The highest BCUT2D eigenvalue weighted by Gasteiger charge is 2.46. The van der Waals surface area contributed by atoms with Gasteiger partial charge in [-0.1, -0.05) is 6.92 Å². The summed E-state index contributed by atoms with van der Waals surface area (Å²) in [6.45, 7) is 4.31. The quantitative estimate of drug-likeness (QED) is 0.599. The summed E-state index contributed by atoms with van der Waals surface area (Å²) in [5.74, 6) is 0.336. The van der Waals surface area contributed by atoms with Crippen LogP contribution in [0.2, 0.25) is 0 Å². The van der Waals surface area contributed by atoms with Crippen LogP contribution in [0.4, 0.5) is 0 Å². The van der Waals surface area contributed by atoms with Gasteiger partial charge in [-0.25, -0.2) is 0 Å². The molecule has 64 valence electrons. The van der Waals surface area contributed by atoms with Crippen molar-refractivity contribution in [3.05, 3.63) is 0 Å². The monoisotopic (exact) mass is 157 g/mol. The molecule has 11 heavy (non-hydrogen) atoms. The van der Waals surface area contributed by atoms with Gasteiger partial charge in [-0.05, 0) is 25.7 Å². The van der Waals surface area contributed by atoms with E-state index in [9.17, 15) is 4.79 Å². The lowest BCUT2D eigenvalue weighted by Gasteiger charge is -2.40. The third kappa shape index (κ3) is 1.53. The zero-order valence-electron chi connectivity index (χ0n) is 7.09. The predicted molar refractivity (Wildman–Crippen MR) is 41.9 cm³/mol. The van der Waals surface area contributed by atoms with E-state index in [0.29, 0.717) is 12.5 Å². The number of nitrogens with two attached hydrogens (primary N) is 1. The summed E-state index contributed by atoms with van der Waals surface area (Å²) in [5, 5.41) is 0. The van der Waals surface area contributed by atoms with Crippen LogP contribution in [0.5, 0.6) is 0 Å². The van der Waals surface area contributed by atoms with Crippen molar-refractivity contribution in [2.75, 3.05) is 6.61 Å². The molecule has 0 amide bonds. The maximum Gasteiger partial charge on any atom is 0.326 e. The highest BCUT2D eigenvalue weighted by atomic mass is 16.5. The van der Waals surface area contributed by atoms with Crippen molar-refractivity contribution in [3.8, 4) is 0 Å². The molecule has 3 nitrogen and oxygen atoms in total. The van der Waals surface area contributed by atoms with Crippen molar-refractivity contribution >= 4 is 5.97 Å². The van der Waals surface area contributed by atoms with Crippen molar-refractivity contribution in [1.29, 1.82) is 0 Å². The molecule has 1 saturated carbocycles. The van der Waals surface area contributed by atoms with Gasteiger partial charge in [0.1, 0.15) is 5.54 Å². The Bertz CT molecular complexity index is 161. The normalized spacial score (nSPS) is 36.1. The second-order valence-corrected chi connectivity index (χ2v) is 3.39. The van der Waals surface area contributed by atoms with Crippen LogP contribution in [0.15, 0.2) is 0 Å². The van der Waals surface area contributed by atoms with Gasteiger partial charge in [-0.15, -0.1) is 0 Å². The van der Waals surface area contributed by atoms with E-state index in [4.69, 9.17) is 10.5 Å². The van der Waals surface area contributed by atoms with E-state index in [2.05, 4.69) is 6.92 Å². The van der Waals surface area contributed by atoms with Gasteiger partial charge in [0.25, 0.3) is 0 Å². The van der Waals surface area contributed by atoms with E-state index < -0.39 is 5.54 Å². The van der Waals surface area contributed by atoms with Crippen molar-refractivity contribution in [3.63, 3.8) is 0 Å². The molecule has 0 spiro atoms. The summed E-state index contributed by atoms with van der Waals surface area (Å²) in [7, 11) is 0. The minimum atomic E-state index is -0.657. The van der Waals surface area contributed by atoms with Gasteiger partial charge in [0.15, 0.2) is 0 Å². The first-order valence-corrected chi connectivity index (χ1v) is 4.04. The molecule has 1 aliphatic rings. The average Bonchev–Trinajstić information content (AvgIpc) is 1.85. The number of carbonyl (C=O) groups is 1. The van der Waals surface area contributed by atoms with E-state index in [1.54, 1.807) is 6.92 Å². The zero-order chi connectivity index (χ0) is 8.48. The summed E-state index contributed by atoms with van der Waals surface area (Å²) in [6.07, 6.45) is 1.54. The number of hydrogen-bond donors (Lipinski definition) is 1. The Morgan fingerprint density at radius 3 is 2.64 bits per heavy atom. The Kier molecular flexibility index (Phi) is 2.18. The minimum Gasteiger partial charge on any atom is -0.465 e. The molecular weight excluding hydrogens is 142 g/mol. The number of esters is 1. The average molecular weight is 157 g/mol. The van der Waals surface area contributed by atoms with Gasteiger partial charge in [0.2, 0.25) is 0 Å². The molecule has 0 saturated heterocycles. The topological polar surface area (TPSA) is 52.3 Å². The predicted octanol–water partition coefficient (Wildman–Crippen LogP) is 0.677. The molecule has 1 aliphatic carbocycles. The second kappa shape index (κ2) is 2.81. The third-order valence-corrected chi connectivity index (χ3v) is 2.11. The van der Waals surface area contributed by atoms with E-state index in [-0.39, 0.29) is 5.97 Å². The minimum absolute atomic E-state index is 0.238. The maximum absolute atomic E-state index is 11.1. The third-order valence-electron chi connectivity index (χ3n) is 2.11. The van der Waals surface area contributed by atoms with Crippen molar-refractivity contribution in [1.82, 2.24) is 0 Å². The molecule has 2 N–H and O–H groups in total. The maximum atomic E-state index is 11.1. The smallest absolute Gasteiger partial charge is 0.326 e. The Morgan fingerprint density at radius 2 is 2.27 bits per heavy atom. The van der Waals surface area contributed by atoms with Crippen LogP contribution >= 0.6 is 0 Å². The number of rotatable bonds is 2. The largest absolute Gasteiger partial charge is 0.465 e. The van der Waals surface area contributed by atoms with Crippen molar-refractivity contribution in [2.45, 2.75) is 32.2 Å². The van der Waals surface area contributed by atoms with E-state index in [1.165, 1.54) is 0 Å². The highest BCUT2D eigenvalue weighted by molar-refractivity contribution is 5.81. The van der Waals surface area contributed by atoms with Gasteiger partial charge in [-0.3, -0.25) is 4.79 Å². The Hall–Kier alpha value is -0.570. The molecule has 0 bridgehead atoms. The summed E-state index contributed by atoms with van der Waals surface area (Å²) in [5.41, 5.74) is 5.09. The standard InChI is InChI=1S/C8H15NO2/c1-3-11-7(10)8(9)4-6(2)5-8/h6H,3-5,9H2,1-2H3. The number of hydrogen-bond acceptors (Lipinski definition) is 3. The SMILES string of the molecule is CCOC(=O)C1(N)CC(C)C1. The van der Waals surface area contributed by atoms with Crippen LogP contribution in [0.3, 0.4) is 0 Å². The Morgan fingerprint density at radius 1 is 1.73 bits per heavy atom. The Balaban J connectivity index is 2.41. The summed E-state index contributed by atoms with van der Waals surface area (Å²) in [4.78, 5) is 11.1. The molecular formula is C8H15NO2. The molecule has 1 rings (SSSR count). The lowest BCUT2D eigenvalue weighted by molar-refractivity contribution is -0.154. The molecule has 0 aromatic heterocycles. The summed E-state index contributed by atoms with van der Waals surface area (Å²) in [6, 6.07) is 0. The lowest BCUT2D eigenvalue weighted by atomic mass is 9.70. The molecule has 0 unspecified atom stereocenters. The molecule has 0 heterocycles. The van der Waals surface area contributed by atoms with Gasteiger partial charge < -0.3 is 10.5 Å². The first-order chi connectivity index (χ1) is 5.08. The van der Waals surface area contributed by atoms with E-state index >= 15 is 0 Å². The first kappa shape index (κ1) is 8.53. The fourth-order valence-electron chi connectivity index (χ4n) is 1.63. The molecule has 1 fully saturated rings. The van der Waals surface area contributed by atoms with Crippen LogP contribution in [-0.4, -0.2) is 18.1 Å². The molecule has 0 aromatic carbocycles. The molecule has 3 heteroatoms. The fourth-order valence-corrected chi connectivity index (χ4v) is 1.63. The summed E-state index contributed by atoms with van der Waals surface area (Å²) < 4.78 is 4.83. The lowest BCUT2D eigenvalue weighted by Crippen LogP contribution is -2.57. The Labute approximate surface area is 66.9 Å². The van der Waals surface area contributed by atoms with Crippen molar-refractivity contribution in [2.24, 2.45) is 11.7 Å². The van der Waals surface area contributed by atoms with E-state index in [0.717, 1.165) is 12.8 Å². The number of ether oxygens (including phenoxy) is 1. The highest BCUT2D eigenvalue weighted by Crippen LogP contribution is 2.35. The number of carbonyl (C=O) groups excluding carboxylic acids is 1. The summed E-state index contributed by atoms with van der Waals surface area (Å²) >= 11 is 0. The van der Waals surface area contributed by atoms with Gasteiger partial charge in [-0.2, -0.15) is 0 Å². The molecule has 0 aromatic rings. The first-order valence-electron chi connectivity index (χ1n) is 4.04. The molecule has 0 radical (unpaired) electrons. The fraction of sp³-hybridized carbons (Fsp3) is 0.875. The second-order valence-electron chi connectivity index (χ2n) is 3.39. The molecule has 0 aliphatic heterocycles. The molecule has 0 atom stereocenters. The van der Waals surface area contributed by atoms with Crippen LogP contribution < -0.4 is 5.73 Å². The van der Waals surface area contributed by atoms with Crippen molar-refractivity contribution < 1.29 is 9.53 Å². The van der Waals surface area contributed by atoms with Crippen LogP contribution in [-0.2, 0) is 9.53 Å². The van der Waals surface area contributed by atoms with E-state index in [1.807, 2.05) is 0 Å². The zero-order valence-corrected chi connectivity index (χ0v) is 7.09. The van der Waals surface area contributed by atoms with Crippen LogP contribution in [0.25, 0.3) is 0 Å². The van der Waals surface area contributed by atoms with Gasteiger partial charge in [0.05, 0.1) is 6.61 Å². The van der Waals surface area contributed by atoms with Crippen LogP contribution in [0.1, 0.15) is 26.7 Å². The van der Waals surface area contributed by atoms with Crippen LogP contribution in [0, 0.1) is 5.92 Å².